The van der Waals surface area contributed by atoms with Crippen LogP contribution in [0, 0.1) is 18.3 Å². The molecule has 0 aliphatic carbocycles. The van der Waals surface area contributed by atoms with E-state index in [0.29, 0.717) is 44.9 Å². The van der Waals surface area contributed by atoms with Gasteiger partial charge in [-0.05, 0) is 50.2 Å². The monoisotopic (exact) mass is 537 g/mol. The zero-order valence-electron chi connectivity index (χ0n) is 20.9. The molecule has 0 spiro atoms. The zero-order valence-corrected chi connectivity index (χ0v) is 22.6. The second-order valence-corrected chi connectivity index (χ2v) is 10.8. The van der Waals surface area contributed by atoms with Gasteiger partial charge in [-0.2, -0.15) is 5.26 Å². The number of carbonyl (C=O) groups is 1. The van der Waals surface area contributed by atoms with Crippen LogP contribution in [0.25, 0.3) is 6.08 Å². The Balaban J connectivity index is 1.53. The molecule has 1 aromatic carbocycles. The summed E-state index contributed by atoms with van der Waals surface area (Å²) in [6.07, 6.45) is 1.80. The summed E-state index contributed by atoms with van der Waals surface area (Å²) in [4.78, 5) is 33.1. The van der Waals surface area contributed by atoms with E-state index in [9.17, 15) is 14.9 Å². The van der Waals surface area contributed by atoms with Gasteiger partial charge >= 0.3 is 0 Å². The second-order valence-electron chi connectivity index (χ2n) is 9.14. The van der Waals surface area contributed by atoms with Gasteiger partial charge in [-0.3, -0.25) is 19.1 Å². The number of anilines is 1. The Kier molecular flexibility index (Phi) is 6.98. The van der Waals surface area contributed by atoms with Gasteiger partial charge in [0.15, 0.2) is 11.5 Å². The first-order valence-corrected chi connectivity index (χ1v) is 13.3. The maximum Gasteiger partial charge on any atom is 0.270 e. The molecule has 0 radical (unpaired) electrons. The molecule has 2 fully saturated rings. The average molecular weight is 538 g/mol. The minimum absolute atomic E-state index is 0.0989. The number of carbonyl (C=O) groups excluding carboxylic acids is 1. The van der Waals surface area contributed by atoms with Crippen LogP contribution < -0.4 is 19.9 Å². The van der Waals surface area contributed by atoms with Crippen molar-refractivity contribution in [3.05, 3.63) is 55.7 Å². The van der Waals surface area contributed by atoms with Crippen molar-refractivity contribution in [2.75, 3.05) is 44.9 Å². The molecule has 0 unspecified atom stereocenters. The molecule has 1 aromatic heterocycles. The van der Waals surface area contributed by atoms with Crippen molar-refractivity contribution in [3.8, 4) is 17.6 Å². The molecule has 0 saturated carbocycles. The van der Waals surface area contributed by atoms with Gasteiger partial charge in [-0.25, -0.2) is 0 Å². The third-order valence-electron chi connectivity index (χ3n) is 6.89. The minimum Gasteiger partial charge on any atom is -0.454 e. The van der Waals surface area contributed by atoms with Crippen molar-refractivity contribution in [3.63, 3.8) is 0 Å². The van der Waals surface area contributed by atoms with Crippen LogP contribution in [0.1, 0.15) is 29.2 Å². The van der Waals surface area contributed by atoms with Gasteiger partial charge in [0.2, 0.25) is 6.79 Å². The van der Waals surface area contributed by atoms with Gasteiger partial charge in [-0.15, -0.1) is 0 Å². The van der Waals surface area contributed by atoms with Gasteiger partial charge in [0.25, 0.3) is 11.5 Å². The van der Waals surface area contributed by atoms with Crippen molar-refractivity contribution in [2.45, 2.75) is 26.9 Å². The summed E-state index contributed by atoms with van der Waals surface area (Å²) >= 11 is 6.81. The summed E-state index contributed by atoms with van der Waals surface area (Å²) in [6.45, 7) is 7.78. The standard InChI is InChI=1S/C26H27N5O4S2/c1-4-30-23(29-9-7-28(3)8-10-29)18(16(2)19(13-27)24(30)32)12-22-25(33)31(26(36)37-22)14-17-5-6-20-21(11-17)35-15-34-20/h5-6,11-12H,4,7-10,14-15H2,1-3H3/b22-12-. The number of thiocarbonyl (C=S) groups is 1. The van der Waals surface area contributed by atoms with Crippen molar-refractivity contribution in [1.82, 2.24) is 14.4 Å². The molecule has 0 atom stereocenters. The highest BCUT2D eigenvalue weighted by atomic mass is 32.2. The van der Waals surface area contributed by atoms with Gasteiger partial charge in [0.1, 0.15) is 21.8 Å². The Morgan fingerprint density at radius 2 is 1.89 bits per heavy atom. The molecule has 0 N–H and O–H groups in total. The normalized spacial score (nSPS) is 18.7. The van der Waals surface area contributed by atoms with E-state index in [0.717, 1.165) is 37.6 Å². The van der Waals surface area contributed by atoms with Crippen molar-refractivity contribution < 1.29 is 14.3 Å². The van der Waals surface area contributed by atoms with E-state index >= 15 is 0 Å². The quantitative estimate of drug-likeness (QED) is 0.422. The summed E-state index contributed by atoms with van der Waals surface area (Å²) in [5, 5.41) is 9.78. The molecule has 192 valence electrons. The highest BCUT2D eigenvalue weighted by Gasteiger charge is 2.34. The van der Waals surface area contributed by atoms with Crippen molar-refractivity contribution >= 4 is 46.1 Å². The van der Waals surface area contributed by atoms with Crippen LogP contribution >= 0.6 is 24.0 Å². The fourth-order valence-corrected chi connectivity index (χ4v) is 6.02. The predicted molar refractivity (Wildman–Crippen MR) is 147 cm³/mol. The number of thioether (sulfide) groups is 1. The van der Waals surface area contributed by atoms with E-state index in [1.807, 2.05) is 25.1 Å². The second kappa shape index (κ2) is 10.2. The Labute approximate surface area is 224 Å². The molecule has 0 bridgehead atoms. The zero-order chi connectivity index (χ0) is 26.3. The summed E-state index contributed by atoms with van der Waals surface area (Å²) in [6, 6.07) is 7.66. The maximum absolute atomic E-state index is 13.5. The molecule has 9 nitrogen and oxygen atoms in total. The number of nitriles is 1. The number of likely N-dealkylation sites (N-methyl/N-ethyl adjacent to an activating group) is 1. The number of ether oxygens (including phenoxy) is 2. The number of fused-ring (bicyclic) bond motifs is 1. The van der Waals surface area contributed by atoms with Gasteiger partial charge in [0.05, 0.1) is 11.4 Å². The smallest absolute Gasteiger partial charge is 0.270 e. The molecule has 4 heterocycles. The van der Waals surface area contributed by atoms with Crippen LogP contribution in [-0.4, -0.2) is 64.6 Å². The molecule has 3 aliphatic rings. The van der Waals surface area contributed by atoms with E-state index < -0.39 is 0 Å². The molecule has 11 heteroatoms. The van der Waals surface area contributed by atoms with E-state index in [-0.39, 0.29) is 23.8 Å². The molecule has 1 amide bonds. The van der Waals surface area contributed by atoms with E-state index in [1.54, 1.807) is 22.5 Å². The minimum atomic E-state index is -0.302. The highest BCUT2D eigenvalue weighted by molar-refractivity contribution is 8.26. The molecular formula is C26H27N5O4S2. The molecule has 3 aliphatic heterocycles. The number of hydrogen-bond acceptors (Lipinski definition) is 9. The number of hydrogen-bond donors (Lipinski definition) is 0. The van der Waals surface area contributed by atoms with Crippen LogP contribution in [0.15, 0.2) is 27.9 Å². The lowest BCUT2D eigenvalue weighted by Gasteiger charge is -2.36. The topological polar surface area (TPSA) is 91.0 Å². The summed E-state index contributed by atoms with van der Waals surface area (Å²) in [7, 11) is 2.07. The Hall–Kier alpha value is -3.33. The number of rotatable bonds is 5. The molecular weight excluding hydrogens is 510 g/mol. The number of amides is 1. The number of aromatic nitrogens is 1. The molecule has 37 heavy (non-hydrogen) atoms. The van der Waals surface area contributed by atoms with Crippen LogP contribution in [0.5, 0.6) is 11.5 Å². The summed E-state index contributed by atoms with van der Waals surface area (Å²) in [5.74, 6) is 1.87. The van der Waals surface area contributed by atoms with E-state index in [4.69, 9.17) is 21.7 Å². The Morgan fingerprint density at radius 1 is 1.16 bits per heavy atom. The third-order valence-corrected chi connectivity index (χ3v) is 8.27. The Morgan fingerprint density at radius 3 is 2.59 bits per heavy atom. The van der Waals surface area contributed by atoms with E-state index in [1.165, 1.54) is 11.8 Å². The lowest BCUT2D eigenvalue weighted by molar-refractivity contribution is -0.122. The number of benzene rings is 1. The first-order chi connectivity index (χ1) is 17.8. The lowest BCUT2D eigenvalue weighted by Crippen LogP contribution is -2.47. The van der Waals surface area contributed by atoms with Crippen LogP contribution in [0.4, 0.5) is 5.82 Å². The lowest BCUT2D eigenvalue weighted by atomic mass is 10.0. The SMILES string of the molecule is CCn1c(N2CCN(C)CC2)c(/C=C2\SC(=S)N(Cc3ccc4c(c3)OCO4)C2=O)c(C)c(C#N)c1=O. The van der Waals surface area contributed by atoms with Gasteiger partial charge in [0, 0.05) is 38.3 Å². The first-order valence-electron chi connectivity index (χ1n) is 12.1. The van der Waals surface area contributed by atoms with Gasteiger partial charge < -0.3 is 19.3 Å². The predicted octanol–water partition coefficient (Wildman–Crippen LogP) is 2.93. The van der Waals surface area contributed by atoms with Crippen LogP contribution in [0.3, 0.4) is 0 Å². The fourth-order valence-electron chi connectivity index (χ4n) is 4.79. The Bertz CT molecular complexity index is 1420. The fraction of sp³-hybridized carbons (Fsp3) is 0.385. The molecule has 2 saturated heterocycles. The summed E-state index contributed by atoms with van der Waals surface area (Å²) in [5.41, 5.74) is 1.96. The van der Waals surface area contributed by atoms with Crippen molar-refractivity contribution in [2.24, 2.45) is 0 Å². The third kappa shape index (κ3) is 4.61. The van der Waals surface area contributed by atoms with Crippen molar-refractivity contribution in [1.29, 1.82) is 5.26 Å². The first kappa shape index (κ1) is 25.3. The summed E-state index contributed by atoms with van der Waals surface area (Å²) < 4.78 is 12.9. The maximum atomic E-state index is 13.5. The highest BCUT2D eigenvalue weighted by Crippen LogP contribution is 2.38. The molecule has 5 rings (SSSR count). The molecule has 2 aromatic rings. The number of piperazine rings is 1. The van der Waals surface area contributed by atoms with E-state index in [2.05, 4.69) is 22.9 Å². The average Bonchev–Trinajstić information content (AvgIpc) is 3.46. The number of pyridine rings is 1. The largest absolute Gasteiger partial charge is 0.454 e. The number of nitrogens with zero attached hydrogens (tertiary/aromatic N) is 5. The van der Waals surface area contributed by atoms with Gasteiger partial charge in [-0.1, -0.05) is 30.0 Å². The van der Waals surface area contributed by atoms with Crippen LogP contribution in [-0.2, 0) is 17.9 Å². The van der Waals surface area contributed by atoms with Crippen LogP contribution in [0.2, 0.25) is 0 Å².